The number of hydrogen-bond donors (Lipinski definition) is 0. The minimum atomic E-state index is -2.54. The van der Waals surface area contributed by atoms with Gasteiger partial charge in [-0.05, 0) is 45.9 Å². The number of aryl methyl sites for hydroxylation is 1. The van der Waals surface area contributed by atoms with E-state index in [0.29, 0.717) is 132 Å². The predicted molar refractivity (Wildman–Crippen MR) is 255 cm³/mol. The van der Waals surface area contributed by atoms with Crippen LogP contribution in [0.25, 0.3) is 0 Å². The predicted octanol–water partition coefficient (Wildman–Crippen LogP) is 8.08. The monoisotopic (exact) mass is 899 g/mol. The number of rotatable bonds is 42. The van der Waals surface area contributed by atoms with Crippen molar-refractivity contribution in [3.63, 3.8) is 0 Å². The highest BCUT2D eigenvalue weighted by atomic mass is 28.4. The minimum absolute atomic E-state index is 0.0574. The normalized spacial score (nSPS) is 12.0. The van der Waals surface area contributed by atoms with Gasteiger partial charge in [-0.3, -0.25) is 0 Å². The lowest BCUT2D eigenvalue weighted by Gasteiger charge is -2.43. The highest BCUT2D eigenvalue weighted by molar-refractivity contribution is 6.99. The van der Waals surface area contributed by atoms with Crippen molar-refractivity contribution >= 4 is 18.7 Å². The van der Waals surface area contributed by atoms with Crippen LogP contribution in [0.2, 0.25) is 5.04 Å². The summed E-state index contributed by atoms with van der Waals surface area (Å²) in [5, 5.41) is 2.48. The van der Waals surface area contributed by atoms with Gasteiger partial charge in [-0.25, -0.2) is 0 Å². The summed E-state index contributed by atoms with van der Waals surface area (Å²) < 4.78 is 63.3. The molecule has 0 unspecified atom stereocenters. The third kappa shape index (κ3) is 25.0. The lowest BCUT2D eigenvalue weighted by Crippen LogP contribution is -2.66. The summed E-state index contributed by atoms with van der Waals surface area (Å²) in [5.41, 5.74) is 1.38. The van der Waals surface area contributed by atoms with Crippen molar-refractivity contribution in [3.8, 4) is 5.75 Å². The van der Waals surface area contributed by atoms with Crippen LogP contribution in [0.5, 0.6) is 5.75 Å². The number of hydrogen-bond acceptors (Lipinski definition) is 11. The average molecular weight is 899 g/mol. The van der Waals surface area contributed by atoms with Gasteiger partial charge in [0.25, 0.3) is 8.32 Å². The first-order valence-corrected chi connectivity index (χ1v) is 25.5. The van der Waals surface area contributed by atoms with E-state index in [1.54, 1.807) is 0 Å². The Hall–Kier alpha value is -2.72. The molecule has 356 valence electrons. The molecular formula is C51H82O11Si. The Morgan fingerprint density at radius 1 is 0.365 bits per heavy atom. The molecule has 3 aromatic rings. The zero-order chi connectivity index (χ0) is 44.8. The van der Waals surface area contributed by atoms with Crippen LogP contribution in [0, 0.1) is 0 Å². The molecule has 0 aliphatic rings. The van der Waals surface area contributed by atoms with Crippen LogP contribution >= 0.6 is 0 Å². The van der Waals surface area contributed by atoms with Crippen LogP contribution in [0.15, 0.2) is 84.9 Å². The molecule has 0 radical (unpaired) electrons. The summed E-state index contributed by atoms with van der Waals surface area (Å²) in [5.74, 6) is 0.887. The Kier molecular flexibility index (Phi) is 31.6. The van der Waals surface area contributed by atoms with Crippen LogP contribution in [-0.4, -0.2) is 140 Å². The Labute approximate surface area is 381 Å². The van der Waals surface area contributed by atoms with Gasteiger partial charge in [0, 0.05) is 0 Å². The lowest BCUT2D eigenvalue weighted by molar-refractivity contribution is -0.0257. The van der Waals surface area contributed by atoms with Gasteiger partial charge in [0.1, 0.15) is 12.4 Å². The number of unbranched alkanes of at least 4 members (excludes halogenated alkanes) is 6. The molecule has 0 bridgehead atoms. The number of benzene rings is 3. The maximum Gasteiger partial charge on any atom is 0.261 e. The van der Waals surface area contributed by atoms with E-state index in [2.05, 4.69) is 113 Å². The van der Waals surface area contributed by atoms with Crippen molar-refractivity contribution < 1.29 is 51.8 Å². The largest absolute Gasteiger partial charge is 0.491 e. The number of ether oxygens (including phenoxy) is 10. The molecule has 3 rings (SSSR count). The van der Waals surface area contributed by atoms with E-state index in [0.717, 1.165) is 12.2 Å². The molecule has 0 atom stereocenters. The topological polar surface area (TPSA) is 102 Å². The lowest BCUT2D eigenvalue weighted by atomic mass is 10.0. The van der Waals surface area contributed by atoms with E-state index < -0.39 is 8.32 Å². The van der Waals surface area contributed by atoms with E-state index in [1.807, 2.05) is 0 Å². The Bertz CT molecular complexity index is 1400. The van der Waals surface area contributed by atoms with Gasteiger partial charge in [0.15, 0.2) is 0 Å². The van der Waals surface area contributed by atoms with Gasteiger partial charge in [0.05, 0.1) is 126 Å². The second kappa shape index (κ2) is 36.5. The van der Waals surface area contributed by atoms with Gasteiger partial charge < -0.3 is 51.8 Å². The van der Waals surface area contributed by atoms with Gasteiger partial charge in [0.2, 0.25) is 0 Å². The van der Waals surface area contributed by atoms with Crippen LogP contribution < -0.4 is 15.1 Å². The highest BCUT2D eigenvalue weighted by Crippen LogP contribution is 2.36. The molecule has 0 aliphatic heterocycles. The van der Waals surface area contributed by atoms with Crippen molar-refractivity contribution in [2.45, 2.75) is 84.1 Å². The second-order valence-corrected chi connectivity index (χ2v) is 20.7. The van der Waals surface area contributed by atoms with Crippen molar-refractivity contribution in [3.05, 3.63) is 90.5 Å². The summed E-state index contributed by atoms with van der Waals surface area (Å²) in [6, 6.07) is 29.8. The smallest absolute Gasteiger partial charge is 0.261 e. The third-order valence-corrected chi connectivity index (χ3v) is 15.5. The first-order valence-electron chi connectivity index (χ1n) is 23.6. The van der Waals surface area contributed by atoms with Gasteiger partial charge in [-0.2, -0.15) is 0 Å². The summed E-state index contributed by atoms with van der Waals surface area (Å²) in [7, 11) is -2.54. The zero-order valence-electron chi connectivity index (χ0n) is 39.4. The van der Waals surface area contributed by atoms with Crippen molar-refractivity contribution in [2.75, 3.05) is 132 Å². The van der Waals surface area contributed by atoms with E-state index in [-0.39, 0.29) is 5.04 Å². The molecule has 0 saturated carbocycles. The Balaban J connectivity index is 0.994. The summed E-state index contributed by atoms with van der Waals surface area (Å²) >= 11 is 0. The molecule has 0 N–H and O–H groups in total. The maximum absolute atomic E-state index is 6.86. The third-order valence-electron chi connectivity index (χ3n) is 10.4. The summed E-state index contributed by atoms with van der Waals surface area (Å²) in [4.78, 5) is 0. The van der Waals surface area contributed by atoms with Crippen molar-refractivity contribution in [2.24, 2.45) is 0 Å². The van der Waals surface area contributed by atoms with Gasteiger partial charge in [-0.15, -0.1) is 0 Å². The molecule has 3 aromatic carbocycles. The maximum atomic E-state index is 6.86. The van der Waals surface area contributed by atoms with E-state index in [1.165, 1.54) is 60.9 Å². The SMILES string of the molecule is CCCCCCCCCc1ccc(OCCOCCOCCOCCOCCOCCOCCOCCOCCOCCO[Si](c2ccccc2)(c2ccccc2)C(C)(C)C)cc1. The van der Waals surface area contributed by atoms with Gasteiger partial charge >= 0.3 is 0 Å². The van der Waals surface area contributed by atoms with Crippen LogP contribution in [0.3, 0.4) is 0 Å². The molecule has 63 heavy (non-hydrogen) atoms. The second-order valence-electron chi connectivity index (χ2n) is 16.4. The fourth-order valence-electron chi connectivity index (χ4n) is 7.13. The molecule has 12 heteroatoms. The first kappa shape index (κ1) is 54.6. The highest BCUT2D eigenvalue weighted by Gasteiger charge is 2.50. The molecule has 11 nitrogen and oxygen atoms in total. The molecule has 0 spiro atoms. The van der Waals surface area contributed by atoms with Crippen LogP contribution in [-0.2, 0) is 53.5 Å². The van der Waals surface area contributed by atoms with Gasteiger partial charge in [-0.1, -0.05) is 139 Å². The quantitative estimate of drug-likeness (QED) is 0.0408. The molecule has 0 amide bonds. The summed E-state index contributed by atoms with van der Waals surface area (Å²) in [6.07, 6.45) is 10.5. The fraction of sp³-hybridized carbons (Fsp3) is 0.647. The zero-order valence-corrected chi connectivity index (χ0v) is 40.4. The molecule has 0 fully saturated rings. The van der Waals surface area contributed by atoms with Crippen molar-refractivity contribution in [1.82, 2.24) is 0 Å². The molecule has 0 aliphatic carbocycles. The van der Waals surface area contributed by atoms with E-state index >= 15 is 0 Å². The minimum Gasteiger partial charge on any atom is -0.491 e. The Morgan fingerprint density at radius 3 is 1.06 bits per heavy atom. The van der Waals surface area contributed by atoms with E-state index in [4.69, 9.17) is 51.8 Å². The van der Waals surface area contributed by atoms with Crippen molar-refractivity contribution in [1.29, 1.82) is 0 Å². The standard InChI is InChI=1S/C51H82O11Si/c1-5-6-7-8-9-10-13-18-47-23-25-48(26-24-47)61-45-43-59-41-39-57-37-35-55-33-31-53-29-27-52-28-30-54-32-34-56-36-38-58-40-42-60-44-46-62-63(51(2,3)4,49-19-14-11-15-20-49)50-21-16-12-17-22-50/h11-12,14-17,19-26H,5-10,13,18,27-46H2,1-4H3. The molecule has 0 aromatic heterocycles. The average Bonchev–Trinajstić information content (AvgIpc) is 3.30. The van der Waals surface area contributed by atoms with Crippen LogP contribution in [0.1, 0.15) is 78.2 Å². The van der Waals surface area contributed by atoms with E-state index in [9.17, 15) is 0 Å². The Morgan fingerprint density at radius 2 is 0.698 bits per heavy atom. The molecule has 0 heterocycles. The summed E-state index contributed by atoms with van der Waals surface area (Å²) in [6.45, 7) is 19.4. The fourth-order valence-corrected chi connectivity index (χ4v) is 11.7. The molecule has 0 saturated heterocycles. The van der Waals surface area contributed by atoms with Crippen LogP contribution in [0.4, 0.5) is 0 Å². The molecular weight excluding hydrogens is 817 g/mol. The first-order chi connectivity index (χ1) is 31.0.